The Kier molecular flexibility index (Phi) is 30.3. The molecule has 0 aromatic rings. The molecule has 46 heavy (non-hydrogen) atoms. The summed E-state index contributed by atoms with van der Waals surface area (Å²) in [6.45, 7) is 6.06. The lowest BCUT2D eigenvalue weighted by Gasteiger charge is -2.15. The van der Waals surface area contributed by atoms with Gasteiger partial charge in [-0.3, -0.25) is 9.59 Å². The first-order valence-electron chi connectivity index (χ1n) is 17.6. The summed E-state index contributed by atoms with van der Waals surface area (Å²) in [5.41, 5.74) is 0. The standard InChI is InChI=1S/C39H64O7/c1-4-5-18-26-35(41)28-21-16-17-22-29-36(42)27-20-13-10-11-14-23-30-38(43)45-33-37(32-40)46-39(44)31-24-15-9-7-6-8-12-19-25-34(2)3/h5,11,13-14,16-18,20-22,28-29,34-37,40-42H,4,6-10,12,15,19,23-27,30-33H2,1-3H3/b14-11-,17-16-,18-5-,20-13-,28-21+,29-22+/t35-,36+,37+/m1/s1. The Morgan fingerprint density at radius 1 is 0.674 bits per heavy atom. The molecule has 0 saturated carbocycles. The van der Waals surface area contributed by atoms with Crippen LogP contribution in [0, 0.1) is 5.92 Å². The number of aliphatic hydroxyl groups excluding tert-OH is 3. The summed E-state index contributed by atoms with van der Waals surface area (Å²) in [6.07, 6.45) is 34.7. The van der Waals surface area contributed by atoms with Gasteiger partial charge in [-0.2, -0.15) is 0 Å². The molecule has 262 valence electrons. The summed E-state index contributed by atoms with van der Waals surface area (Å²) in [4.78, 5) is 24.1. The van der Waals surface area contributed by atoms with Gasteiger partial charge in [0.25, 0.3) is 0 Å². The first-order chi connectivity index (χ1) is 22.3. The summed E-state index contributed by atoms with van der Waals surface area (Å²) < 4.78 is 10.5. The molecule has 7 heteroatoms. The average Bonchev–Trinajstić information content (AvgIpc) is 3.02. The summed E-state index contributed by atoms with van der Waals surface area (Å²) in [5, 5.41) is 29.3. The van der Waals surface area contributed by atoms with Gasteiger partial charge in [-0.25, -0.2) is 0 Å². The molecular weight excluding hydrogens is 580 g/mol. The number of allylic oxidation sites excluding steroid dienone is 8. The highest BCUT2D eigenvalue weighted by atomic mass is 16.6. The molecule has 0 amide bonds. The largest absolute Gasteiger partial charge is 0.462 e. The van der Waals surface area contributed by atoms with Crippen LogP contribution in [0.1, 0.15) is 124 Å². The van der Waals surface area contributed by atoms with Gasteiger partial charge in [0.2, 0.25) is 0 Å². The highest BCUT2D eigenvalue weighted by Crippen LogP contribution is 2.13. The molecule has 0 aliphatic rings. The number of rotatable bonds is 29. The SMILES string of the molecule is CC/C=C\C[C@@H](O)/C=C/C=C\C=C\[C@@H](O)C/C=C\C/C=C\CCC(=O)OC[C@H](CO)OC(=O)CCCCCCCCCCC(C)C. The van der Waals surface area contributed by atoms with Crippen LogP contribution in [0.3, 0.4) is 0 Å². The van der Waals surface area contributed by atoms with Crippen molar-refractivity contribution < 1.29 is 34.4 Å². The molecule has 0 bridgehead atoms. The maximum atomic E-state index is 12.1. The summed E-state index contributed by atoms with van der Waals surface area (Å²) >= 11 is 0. The molecule has 0 aliphatic carbocycles. The van der Waals surface area contributed by atoms with Crippen molar-refractivity contribution in [2.75, 3.05) is 13.2 Å². The van der Waals surface area contributed by atoms with Crippen LogP contribution >= 0.6 is 0 Å². The van der Waals surface area contributed by atoms with Crippen LogP contribution in [0.25, 0.3) is 0 Å². The number of esters is 2. The fourth-order valence-corrected chi connectivity index (χ4v) is 4.41. The van der Waals surface area contributed by atoms with Crippen molar-refractivity contribution in [1.82, 2.24) is 0 Å². The van der Waals surface area contributed by atoms with E-state index in [1.54, 1.807) is 24.3 Å². The first kappa shape index (κ1) is 43.3. The van der Waals surface area contributed by atoms with Crippen LogP contribution in [0.4, 0.5) is 0 Å². The van der Waals surface area contributed by atoms with Crippen molar-refractivity contribution in [3.05, 3.63) is 72.9 Å². The van der Waals surface area contributed by atoms with E-state index in [0.29, 0.717) is 32.1 Å². The van der Waals surface area contributed by atoms with E-state index >= 15 is 0 Å². The molecule has 0 saturated heterocycles. The van der Waals surface area contributed by atoms with Crippen molar-refractivity contribution in [2.45, 2.75) is 142 Å². The van der Waals surface area contributed by atoms with E-state index in [4.69, 9.17) is 9.47 Å². The Morgan fingerprint density at radius 2 is 1.24 bits per heavy atom. The Labute approximate surface area is 279 Å². The minimum absolute atomic E-state index is 0.145. The highest BCUT2D eigenvalue weighted by Gasteiger charge is 2.15. The number of carbonyl (C=O) groups is 2. The molecule has 7 nitrogen and oxygen atoms in total. The highest BCUT2D eigenvalue weighted by molar-refractivity contribution is 5.70. The average molecular weight is 645 g/mol. The summed E-state index contributed by atoms with van der Waals surface area (Å²) in [7, 11) is 0. The third-order valence-electron chi connectivity index (χ3n) is 7.12. The van der Waals surface area contributed by atoms with Crippen molar-refractivity contribution in [1.29, 1.82) is 0 Å². The molecular formula is C39H64O7. The summed E-state index contributed by atoms with van der Waals surface area (Å²) in [5.74, 6) is 0.0187. The second-order valence-electron chi connectivity index (χ2n) is 12.1. The predicted molar refractivity (Wildman–Crippen MR) is 189 cm³/mol. The van der Waals surface area contributed by atoms with Crippen molar-refractivity contribution in [3.63, 3.8) is 0 Å². The first-order valence-corrected chi connectivity index (χ1v) is 17.6. The van der Waals surface area contributed by atoms with Gasteiger partial charge in [0.05, 0.1) is 18.8 Å². The topological polar surface area (TPSA) is 113 Å². The number of carbonyl (C=O) groups excluding carboxylic acids is 2. The Morgan fingerprint density at radius 3 is 1.83 bits per heavy atom. The van der Waals surface area contributed by atoms with Gasteiger partial charge in [0.1, 0.15) is 6.61 Å². The van der Waals surface area contributed by atoms with Gasteiger partial charge in [-0.15, -0.1) is 0 Å². The van der Waals surface area contributed by atoms with Crippen molar-refractivity contribution in [2.24, 2.45) is 5.92 Å². The maximum Gasteiger partial charge on any atom is 0.306 e. The minimum atomic E-state index is -0.835. The third-order valence-corrected chi connectivity index (χ3v) is 7.12. The van der Waals surface area contributed by atoms with E-state index in [-0.39, 0.29) is 25.6 Å². The van der Waals surface area contributed by atoms with Gasteiger partial charge < -0.3 is 24.8 Å². The van der Waals surface area contributed by atoms with Crippen molar-refractivity contribution in [3.8, 4) is 0 Å². The predicted octanol–water partition coefficient (Wildman–Crippen LogP) is 8.41. The van der Waals surface area contributed by atoms with Gasteiger partial charge in [-0.05, 0) is 44.4 Å². The molecule has 0 aliphatic heterocycles. The molecule has 0 fully saturated rings. The molecule has 0 heterocycles. The Balaban J connectivity index is 3.91. The normalized spacial score (nSPS) is 14.6. The van der Waals surface area contributed by atoms with Gasteiger partial charge in [0.15, 0.2) is 6.10 Å². The lowest BCUT2D eigenvalue weighted by molar-refractivity contribution is -0.161. The molecule has 0 spiro atoms. The zero-order valence-electron chi connectivity index (χ0n) is 28.9. The fraction of sp³-hybridized carbons (Fsp3) is 0.641. The molecule has 3 atom stereocenters. The molecule has 0 aromatic carbocycles. The summed E-state index contributed by atoms with van der Waals surface area (Å²) in [6, 6.07) is 0. The van der Waals surface area contributed by atoms with Crippen LogP contribution in [0.2, 0.25) is 0 Å². The van der Waals surface area contributed by atoms with Gasteiger partial charge >= 0.3 is 11.9 Å². The third kappa shape index (κ3) is 31.3. The zero-order chi connectivity index (χ0) is 34.1. The fourth-order valence-electron chi connectivity index (χ4n) is 4.41. The van der Waals surface area contributed by atoms with Crippen molar-refractivity contribution >= 4 is 11.9 Å². The van der Waals surface area contributed by atoms with Gasteiger partial charge in [-0.1, -0.05) is 145 Å². The van der Waals surface area contributed by atoms with E-state index in [0.717, 1.165) is 31.6 Å². The second kappa shape index (κ2) is 32.2. The Bertz CT molecular complexity index is 913. The lowest BCUT2D eigenvalue weighted by Crippen LogP contribution is -2.28. The Hall–Kier alpha value is -2.74. The molecule has 0 unspecified atom stereocenters. The van der Waals surface area contributed by atoms with E-state index in [9.17, 15) is 24.9 Å². The minimum Gasteiger partial charge on any atom is -0.462 e. The van der Waals surface area contributed by atoms with E-state index < -0.39 is 24.3 Å². The number of ether oxygens (including phenoxy) is 2. The zero-order valence-corrected chi connectivity index (χ0v) is 28.9. The number of hydrogen-bond acceptors (Lipinski definition) is 7. The molecule has 3 N–H and O–H groups in total. The second-order valence-corrected chi connectivity index (χ2v) is 12.1. The van der Waals surface area contributed by atoms with Crippen LogP contribution in [-0.4, -0.2) is 58.8 Å². The molecule has 0 rings (SSSR count). The number of unbranched alkanes of at least 4 members (excludes halogenated alkanes) is 7. The van der Waals surface area contributed by atoms with Crippen LogP contribution in [0.15, 0.2) is 72.9 Å². The maximum absolute atomic E-state index is 12.1. The smallest absolute Gasteiger partial charge is 0.306 e. The van der Waals surface area contributed by atoms with Crippen LogP contribution < -0.4 is 0 Å². The monoisotopic (exact) mass is 644 g/mol. The molecule has 0 aromatic heterocycles. The number of hydrogen-bond donors (Lipinski definition) is 3. The lowest BCUT2D eigenvalue weighted by atomic mass is 10.0. The van der Waals surface area contributed by atoms with E-state index in [1.807, 2.05) is 48.6 Å². The van der Waals surface area contributed by atoms with Gasteiger partial charge in [0, 0.05) is 12.8 Å². The number of aliphatic hydroxyl groups is 3. The van der Waals surface area contributed by atoms with Crippen LogP contribution in [0.5, 0.6) is 0 Å². The quantitative estimate of drug-likeness (QED) is 0.0324. The van der Waals surface area contributed by atoms with Crippen LogP contribution in [-0.2, 0) is 19.1 Å². The molecule has 0 radical (unpaired) electrons. The van der Waals surface area contributed by atoms with E-state index in [1.165, 1.54) is 38.5 Å². The van der Waals surface area contributed by atoms with E-state index in [2.05, 4.69) is 20.8 Å².